The lowest BCUT2D eigenvalue weighted by Gasteiger charge is -2.02. The molecule has 0 aliphatic rings. The molecule has 0 unspecified atom stereocenters. The first-order valence-electron chi connectivity index (χ1n) is 3.87. The molecule has 0 atom stereocenters. The summed E-state index contributed by atoms with van der Waals surface area (Å²) in [6, 6.07) is 0. The number of ether oxygens (including phenoxy) is 1. The largest absolute Gasteiger partial charge is 0.397 e. The third kappa shape index (κ3) is 3.97. The molecular weight excluding hydrogens is 166 g/mol. The summed E-state index contributed by atoms with van der Waals surface area (Å²) in [5, 5.41) is 8.26. The van der Waals surface area contributed by atoms with Gasteiger partial charge in [-0.15, -0.1) is 5.26 Å². The highest BCUT2D eigenvalue weighted by Gasteiger charge is 2.03. The molecule has 2 N–H and O–H groups in total. The maximum atomic E-state index is 8.26. The van der Waals surface area contributed by atoms with E-state index in [1.807, 2.05) is 6.92 Å². The van der Waals surface area contributed by atoms with Gasteiger partial charge in [-0.25, -0.2) is 0 Å². The summed E-state index contributed by atoms with van der Waals surface area (Å²) in [5.41, 5.74) is 6.16. The summed E-state index contributed by atoms with van der Waals surface area (Å²) >= 11 is 0. The molecule has 4 heteroatoms. The molecule has 0 radical (unpaired) electrons. The Hall–Kier alpha value is -1.76. The van der Waals surface area contributed by atoms with Crippen molar-refractivity contribution in [2.45, 2.75) is 20.3 Å². The van der Waals surface area contributed by atoms with Crippen molar-refractivity contribution in [1.82, 2.24) is 0 Å². The maximum absolute atomic E-state index is 8.26. The molecule has 0 fully saturated rings. The van der Waals surface area contributed by atoms with Gasteiger partial charge in [-0.3, -0.25) is 4.99 Å². The van der Waals surface area contributed by atoms with Crippen molar-refractivity contribution in [3.8, 4) is 6.26 Å². The lowest BCUT2D eigenvalue weighted by molar-refractivity contribution is 0.371. The zero-order chi connectivity index (χ0) is 10.3. The Bertz CT molecular complexity index is 284. The van der Waals surface area contributed by atoms with Gasteiger partial charge in [0.05, 0.1) is 5.70 Å². The number of hydrogen-bond acceptors (Lipinski definition) is 4. The maximum Gasteiger partial charge on any atom is 0.291 e. The summed E-state index contributed by atoms with van der Waals surface area (Å²) in [6.07, 6.45) is 4.02. The van der Waals surface area contributed by atoms with Crippen molar-refractivity contribution in [3.05, 3.63) is 23.7 Å². The fourth-order valence-corrected chi connectivity index (χ4v) is 0.699. The molecule has 0 aromatic carbocycles. The molecule has 70 valence electrons. The van der Waals surface area contributed by atoms with Crippen LogP contribution in [0, 0.1) is 11.5 Å². The lowest BCUT2D eigenvalue weighted by atomic mass is 10.3. The third-order valence-electron chi connectivity index (χ3n) is 1.24. The molecule has 0 saturated carbocycles. The van der Waals surface area contributed by atoms with Gasteiger partial charge in [0.2, 0.25) is 0 Å². The Morgan fingerprint density at radius 1 is 1.77 bits per heavy atom. The van der Waals surface area contributed by atoms with Gasteiger partial charge >= 0.3 is 0 Å². The van der Waals surface area contributed by atoms with Crippen LogP contribution in [0.3, 0.4) is 0 Å². The number of rotatable bonds is 4. The van der Waals surface area contributed by atoms with E-state index in [2.05, 4.69) is 16.3 Å². The van der Waals surface area contributed by atoms with Gasteiger partial charge in [0, 0.05) is 6.21 Å². The van der Waals surface area contributed by atoms with E-state index in [1.54, 1.807) is 19.4 Å². The Kier molecular flexibility index (Phi) is 5.05. The average molecular weight is 179 g/mol. The fourth-order valence-electron chi connectivity index (χ4n) is 0.699. The summed E-state index contributed by atoms with van der Waals surface area (Å²) < 4.78 is 4.59. The van der Waals surface area contributed by atoms with Crippen LogP contribution in [0.4, 0.5) is 0 Å². The van der Waals surface area contributed by atoms with Crippen LogP contribution < -0.4 is 5.73 Å². The van der Waals surface area contributed by atoms with E-state index >= 15 is 0 Å². The highest BCUT2D eigenvalue weighted by Crippen LogP contribution is 2.11. The molecule has 4 nitrogen and oxygen atoms in total. The Balaban J connectivity index is 4.79. The van der Waals surface area contributed by atoms with E-state index in [9.17, 15) is 0 Å². The number of nitrogens with two attached hydrogens (primary N) is 1. The molecule has 0 aliphatic carbocycles. The minimum Gasteiger partial charge on any atom is -0.397 e. The normalized spacial score (nSPS) is 12.1. The van der Waals surface area contributed by atoms with Crippen LogP contribution in [0.5, 0.6) is 0 Å². The number of hydrogen-bond donors (Lipinski definition) is 1. The molecule has 0 aromatic rings. The molecule has 0 rings (SSSR count). The van der Waals surface area contributed by atoms with Crippen molar-refractivity contribution in [1.29, 1.82) is 5.26 Å². The van der Waals surface area contributed by atoms with Crippen LogP contribution in [0.15, 0.2) is 28.7 Å². The van der Waals surface area contributed by atoms with Gasteiger partial charge in [-0.1, -0.05) is 13.5 Å². The minimum absolute atomic E-state index is 0.289. The SMILES string of the molecule is C=C(N)/C(N=CCC)=C(/C)OC#N. The monoisotopic (exact) mass is 179 g/mol. The van der Waals surface area contributed by atoms with Gasteiger partial charge < -0.3 is 10.5 Å². The van der Waals surface area contributed by atoms with Crippen molar-refractivity contribution >= 4 is 6.21 Å². The van der Waals surface area contributed by atoms with Crippen molar-refractivity contribution in [2.75, 3.05) is 0 Å². The highest BCUT2D eigenvalue weighted by atomic mass is 16.5. The van der Waals surface area contributed by atoms with E-state index in [-0.39, 0.29) is 5.70 Å². The molecule has 0 amide bonds. The van der Waals surface area contributed by atoms with Crippen LogP contribution in [0.2, 0.25) is 0 Å². The van der Waals surface area contributed by atoms with E-state index in [0.717, 1.165) is 6.42 Å². The zero-order valence-corrected chi connectivity index (χ0v) is 7.87. The molecular formula is C9H13N3O. The van der Waals surface area contributed by atoms with E-state index < -0.39 is 0 Å². The predicted octanol–water partition coefficient (Wildman–Crippen LogP) is 1.67. The Morgan fingerprint density at radius 2 is 2.38 bits per heavy atom. The second-order valence-electron chi connectivity index (χ2n) is 2.34. The van der Waals surface area contributed by atoms with Gasteiger partial charge in [0.15, 0.2) is 0 Å². The average Bonchev–Trinajstić information content (AvgIpc) is 2.05. The first kappa shape index (κ1) is 11.2. The Morgan fingerprint density at radius 3 is 2.77 bits per heavy atom. The summed E-state index contributed by atoms with van der Waals surface area (Å²) in [5.74, 6) is 0.361. The van der Waals surface area contributed by atoms with Crippen LogP contribution in [0.25, 0.3) is 0 Å². The number of nitriles is 1. The minimum atomic E-state index is 0.289. The highest BCUT2D eigenvalue weighted by molar-refractivity contribution is 5.59. The van der Waals surface area contributed by atoms with E-state index in [1.165, 1.54) is 0 Å². The van der Waals surface area contributed by atoms with Crippen LogP contribution in [0.1, 0.15) is 20.3 Å². The summed E-state index contributed by atoms with van der Waals surface area (Å²) in [6.45, 7) is 7.09. The van der Waals surface area contributed by atoms with Crippen molar-refractivity contribution in [2.24, 2.45) is 10.7 Å². The fraction of sp³-hybridized carbons (Fsp3) is 0.333. The van der Waals surface area contributed by atoms with E-state index in [4.69, 9.17) is 11.0 Å². The molecule has 0 spiro atoms. The standard InChI is InChI=1S/C9H13N3O/c1-4-5-12-9(7(2)11)8(3)13-6-10/h5H,2,4,11H2,1,3H3/b9-8+,12-5?. The first-order valence-corrected chi connectivity index (χ1v) is 3.87. The van der Waals surface area contributed by atoms with Crippen LogP contribution >= 0.6 is 0 Å². The van der Waals surface area contributed by atoms with Crippen molar-refractivity contribution < 1.29 is 4.74 Å². The van der Waals surface area contributed by atoms with Gasteiger partial charge in [0.1, 0.15) is 11.5 Å². The van der Waals surface area contributed by atoms with Gasteiger partial charge in [-0.05, 0) is 13.3 Å². The van der Waals surface area contributed by atoms with Crippen LogP contribution in [-0.2, 0) is 4.74 Å². The molecule has 0 saturated heterocycles. The third-order valence-corrected chi connectivity index (χ3v) is 1.24. The molecule has 0 bridgehead atoms. The lowest BCUT2D eigenvalue weighted by Crippen LogP contribution is -2.01. The first-order chi connectivity index (χ1) is 6.13. The van der Waals surface area contributed by atoms with Crippen molar-refractivity contribution in [3.63, 3.8) is 0 Å². The second kappa shape index (κ2) is 5.84. The quantitative estimate of drug-likeness (QED) is 0.309. The number of allylic oxidation sites excluding steroid dienone is 1. The van der Waals surface area contributed by atoms with Crippen LogP contribution in [-0.4, -0.2) is 6.21 Å². The van der Waals surface area contributed by atoms with Gasteiger partial charge in [-0.2, -0.15) is 0 Å². The molecule has 0 heterocycles. The molecule has 13 heavy (non-hydrogen) atoms. The second-order valence-corrected chi connectivity index (χ2v) is 2.34. The number of nitrogens with zero attached hydrogens (tertiary/aromatic N) is 2. The Labute approximate surface area is 78.0 Å². The zero-order valence-electron chi connectivity index (χ0n) is 7.87. The number of aliphatic imine (C=N–C) groups is 1. The van der Waals surface area contributed by atoms with Gasteiger partial charge in [0.25, 0.3) is 6.26 Å². The predicted molar refractivity (Wildman–Crippen MR) is 51.5 cm³/mol. The van der Waals surface area contributed by atoms with E-state index in [0.29, 0.717) is 11.5 Å². The topological polar surface area (TPSA) is 71.4 Å². The molecule has 0 aromatic heterocycles. The molecule has 0 aliphatic heterocycles. The summed E-state index contributed by atoms with van der Waals surface area (Å²) in [4.78, 5) is 4.01. The smallest absolute Gasteiger partial charge is 0.291 e. The summed E-state index contributed by atoms with van der Waals surface area (Å²) in [7, 11) is 0.